The lowest BCUT2D eigenvalue weighted by Gasteiger charge is -2.26. The van der Waals surface area contributed by atoms with Crippen LogP contribution in [0.1, 0.15) is 33.7 Å². The third kappa shape index (κ3) is 3.26. The van der Waals surface area contributed by atoms with Crippen LogP contribution in [0.4, 0.5) is 11.5 Å². The van der Waals surface area contributed by atoms with Crippen molar-refractivity contribution in [3.05, 3.63) is 51.9 Å². The van der Waals surface area contributed by atoms with Crippen molar-refractivity contribution >= 4 is 11.5 Å². The number of fused-ring (bicyclic) bond motifs is 1. The van der Waals surface area contributed by atoms with Gasteiger partial charge in [0.05, 0.1) is 23.9 Å². The van der Waals surface area contributed by atoms with Crippen LogP contribution in [0.15, 0.2) is 22.7 Å². The van der Waals surface area contributed by atoms with Crippen molar-refractivity contribution in [1.29, 1.82) is 0 Å². The van der Waals surface area contributed by atoms with E-state index in [9.17, 15) is 0 Å². The van der Waals surface area contributed by atoms with Crippen LogP contribution in [0, 0.1) is 20.8 Å². The monoisotopic (exact) mass is 381 g/mol. The molecule has 0 fully saturated rings. The maximum absolute atomic E-state index is 5.63. The lowest BCUT2D eigenvalue weighted by molar-refractivity contribution is 0.225. The van der Waals surface area contributed by atoms with Gasteiger partial charge in [-0.05, 0) is 31.9 Å². The van der Waals surface area contributed by atoms with Gasteiger partial charge in [-0.1, -0.05) is 23.4 Å². The van der Waals surface area contributed by atoms with E-state index < -0.39 is 0 Å². The van der Waals surface area contributed by atoms with Gasteiger partial charge in [-0.25, -0.2) is 4.68 Å². The number of hydrogen-bond donors (Lipinski definition) is 1. The van der Waals surface area contributed by atoms with Crippen LogP contribution in [0.25, 0.3) is 0 Å². The molecule has 0 bridgehead atoms. The fourth-order valence-corrected chi connectivity index (χ4v) is 3.97. The van der Waals surface area contributed by atoms with E-state index in [1.54, 1.807) is 11.8 Å². The minimum absolute atomic E-state index is 0.781. The highest BCUT2D eigenvalue weighted by Crippen LogP contribution is 2.32. The summed E-state index contributed by atoms with van der Waals surface area (Å²) in [5.41, 5.74) is 6.76. The molecular formula is C21H27N5O2. The Bertz CT molecular complexity index is 984. The molecule has 0 spiro atoms. The van der Waals surface area contributed by atoms with E-state index in [4.69, 9.17) is 9.26 Å². The Morgan fingerprint density at radius 1 is 1.21 bits per heavy atom. The summed E-state index contributed by atoms with van der Waals surface area (Å²) >= 11 is 0. The van der Waals surface area contributed by atoms with Gasteiger partial charge in [-0.2, -0.15) is 5.10 Å². The van der Waals surface area contributed by atoms with Gasteiger partial charge in [-0.3, -0.25) is 4.90 Å². The zero-order valence-electron chi connectivity index (χ0n) is 17.2. The zero-order chi connectivity index (χ0) is 19.8. The molecule has 1 aromatic carbocycles. The first kappa shape index (κ1) is 18.6. The van der Waals surface area contributed by atoms with Crippen molar-refractivity contribution in [3.8, 4) is 5.88 Å². The topological polar surface area (TPSA) is 68.3 Å². The molecular weight excluding hydrogens is 354 g/mol. The first-order valence-electron chi connectivity index (χ1n) is 9.57. The number of aromatic nitrogens is 3. The minimum atomic E-state index is 0.781. The van der Waals surface area contributed by atoms with Crippen LogP contribution in [0.3, 0.4) is 0 Å². The van der Waals surface area contributed by atoms with Crippen molar-refractivity contribution in [2.75, 3.05) is 19.0 Å². The molecule has 3 aromatic rings. The van der Waals surface area contributed by atoms with E-state index in [0.29, 0.717) is 0 Å². The number of hydrogen-bond acceptors (Lipinski definition) is 6. The quantitative estimate of drug-likeness (QED) is 0.728. The Morgan fingerprint density at radius 3 is 2.68 bits per heavy atom. The molecule has 0 unspecified atom stereocenters. The minimum Gasteiger partial charge on any atom is -0.481 e. The summed E-state index contributed by atoms with van der Waals surface area (Å²) in [5, 5.41) is 12.3. The van der Waals surface area contributed by atoms with E-state index in [-0.39, 0.29) is 0 Å². The summed E-state index contributed by atoms with van der Waals surface area (Å²) in [4.78, 5) is 2.39. The molecule has 28 heavy (non-hydrogen) atoms. The second-order valence-corrected chi connectivity index (χ2v) is 7.48. The Labute approximate surface area is 165 Å². The molecule has 0 radical (unpaired) electrons. The second-order valence-electron chi connectivity index (χ2n) is 7.48. The normalized spacial score (nSPS) is 14.2. The maximum atomic E-state index is 5.63. The number of anilines is 2. The first-order valence-corrected chi connectivity index (χ1v) is 9.57. The molecule has 1 N–H and O–H groups in total. The SMILES string of the molecule is COc1c(CN2CCc3onc(Nc4c(C)cccc4C)c3C2)c(C)nn1C. The van der Waals surface area contributed by atoms with E-state index >= 15 is 0 Å². The molecule has 3 heterocycles. The van der Waals surface area contributed by atoms with Crippen molar-refractivity contribution in [2.24, 2.45) is 7.05 Å². The van der Waals surface area contributed by atoms with Gasteiger partial charge in [-0.15, -0.1) is 0 Å². The van der Waals surface area contributed by atoms with Gasteiger partial charge in [0.15, 0.2) is 5.82 Å². The summed E-state index contributed by atoms with van der Waals surface area (Å²) in [6.45, 7) is 8.72. The highest BCUT2D eigenvalue weighted by atomic mass is 16.5. The predicted molar refractivity (Wildman–Crippen MR) is 108 cm³/mol. The summed E-state index contributed by atoms with van der Waals surface area (Å²) in [7, 11) is 3.61. The molecule has 0 saturated heterocycles. The lowest BCUT2D eigenvalue weighted by atomic mass is 10.1. The van der Waals surface area contributed by atoms with E-state index in [1.807, 2.05) is 14.0 Å². The van der Waals surface area contributed by atoms with Gasteiger partial charge in [0.1, 0.15) is 5.76 Å². The van der Waals surface area contributed by atoms with Crippen LogP contribution < -0.4 is 10.1 Å². The first-order chi connectivity index (χ1) is 13.5. The van der Waals surface area contributed by atoms with Crippen molar-refractivity contribution in [1.82, 2.24) is 19.8 Å². The molecule has 148 valence electrons. The molecule has 7 heteroatoms. The summed E-state index contributed by atoms with van der Waals surface area (Å²) < 4.78 is 13.0. The Morgan fingerprint density at radius 2 is 1.96 bits per heavy atom. The van der Waals surface area contributed by atoms with Crippen molar-refractivity contribution in [3.63, 3.8) is 0 Å². The molecule has 1 aliphatic rings. The molecule has 0 aliphatic carbocycles. The van der Waals surface area contributed by atoms with Crippen LogP contribution in [-0.2, 0) is 26.6 Å². The van der Waals surface area contributed by atoms with Crippen LogP contribution in [0.2, 0.25) is 0 Å². The van der Waals surface area contributed by atoms with Gasteiger partial charge in [0.25, 0.3) is 0 Å². The van der Waals surface area contributed by atoms with E-state index in [2.05, 4.69) is 52.5 Å². The van der Waals surface area contributed by atoms with Gasteiger partial charge in [0.2, 0.25) is 5.88 Å². The van der Waals surface area contributed by atoms with E-state index in [1.165, 1.54) is 11.1 Å². The number of methoxy groups -OCH3 is 1. The molecule has 0 saturated carbocycles. The fourth-order valence-electron chi connectivity index (χ4n) is 3.97. The summed E-state index contributed by atoms with van der Waals surface area (Å²) in [6.07, 6.45) is 0.846. The average molecular weight is 381 g/mol. The molecule has 1 aliphatic heterocycles. The number of rotatable bonds is 5. The number of ether oxygens (including phenoxy) is 1. The summed E-state index contributed by atoms with van der Waals surface area (Å²) in [5.74, 6) is 2.61. The van der Waals surface area contributed by atoms with Crippen LogP contribution in [0.5, 0.6) is 5.88 Å². The Kier molecular flexibility index (Phi) is 4.85. The predicted octanol–water partition coefficient (Wildman–Crippen LogP) is 3.64. The number of nitrogens with zero attached hydrogens (tertiary/aromatic N) is 4. The molecule has 0 atom stereocenters. The third-order valence-electron chi connectivity index (χ3n) is 5.49. The Balaban J connectivity index is 1.57. The zero-order valence-corrected chi connectivity index (χ0v) is 17.2. The van der Waals surface area contributed by atoms with Crippen molar-refractivity contribution < 1.29 is 9.26 Å². The molecule has 0 amide bonds. The highest BCUT2D eigenvalue weighted by molar-refractivity contribution is 5.66. The smallest absolute Gasteiger partial charge is 0.216 e. The number of benzene rings is 1. The third-order valence-corrected chi connectivity index (χ3v) is 5.49. The maximum Gasteiger partial charge on any atom is 0.216 e. The summed E-state index contributed by atoms with van der Waals surface area (Å²) in [6, 6.07) is 6.27. The number of aryl methyl sites for hydroxylation is 4. The van der Waals surface area contributed by atoms with Gasteiger partial charge >= 0.3 is 0 Å². The largest absolute Gasteiger partial charge is 0.481 e. The second kappa shape index (κ2) is 7.31. The Hall–Kier alpha value is -2.80. The average Bonchev–Trinajstić information content (AvgIpc) is 3.18. The van der Waals surface area contributed by atoms with Crippen LogP contribution >= 0.6 is 0 Å². The van der Waals surface area contributed by atoms with E-state index in [0.717, 1.165) is 66.0 Å². The molecule has 4 rings (SSSR count). The molecule has 7 nitrogen and oxygen atoms in total. The van der Waals surface area contributed by atoms with Crippen molar-refractivity contribution in [2.45, 2.75) is 40.3 Å². The fraction of sp³-hybridized carbons (Fsp3) is 0.429. The van der Waals surface area contributed by atoms with Crippen LogP contribution in [-0.4, -0.2) is 33.5 Å². The number of nitrogens with one attached hydrogen (secondary N) is 1. The lowest BCUT2D eigenvalue weighted by Crippen LogP contribution is -2.30. The van der Waals surface area contributed by atoms with Gasteiger partial charge in [0, 0.05) is 38.8 Å². The molecule has 2 aromatic heterocycles. The van der Waals surface area contributed by atoms with Gasteiger partial charge < -0.3 is 14.6 Å². The number of para-hydroxylation sites is 1. The standard InChI is InChI=1S/C21H27N5O2/c1-13-7-6-8-14(2)19(13)22-20-17-12-26(10-9-18(17)28-24-20)11-16-15(3)23-25(4)21(16)27-5/h6-8H,9-12H2,1-5H3,(H,22,24). The highest BCUT2D eigenvalue weighted by Gasteiger charge is 2.26.